The molecule has 0 aliphatic rings. The summed E-state index contributed by atoms with van der Waals surface area (Å²) >= 11 is 7.17. The molecule has 5 heteroatoms. The van der Waals surface area contributed by atoms with E-state index in [9.17, 15) is 4.79 Å². The van der Waals surface area contributed by atoms with E-state index in [1.54, 1.807) is 24.0 Å². The van der Waals surface area contributed by atoms with E-state index in [1.807, 2.05) is 6.07 Å². The Labute approximate surface area is 91.8 Å². The molecule has 0 unspecified atom stereocenters. The maximum atomic E-state index is 10.8. The fourth-order valence-electron chi connectivity index (χ4n) is 0.802. The molecular formula is C9H10ClNO2S. The van der Waals surface area contributed by atoms with Gasteiger partial charge in [0.05, 0.1) is 13.5 Å². The van der Waals surface area contributed by atoms with Gasteiger partial charge in [0.25, 0.3) is 0 Å². The topological polar surface area (TPSA) is 39.2 Å². The second-order valence-corrected chi connectivity index (χ2v) is 4.05. The highest BCUT2D eigenvalue weighted by molar-refractivity contribution is 7.99. The third-order valence-electron chi connectivity index (χ3n) is 1.50. The molecule has 0 aromatic carbocycles. The molecule has 3 nitrogen and oxygen atoms in total. The van der Waals surface area contributed by atoms with Crippen molar-refractivity contribution in [3.8, 4) is 0 Å². The molecular weight excluding hydrogens is 222 g/mol. The van der Waals surface area contributed by atoms with Gasteiger partial charge in [-0.15, -0.1) is 11.8 Å². The number of esters is 1. The van der Waals surface area contributed by atoms with Gasteiger partial charge in [-0.2, -0.15) is 0 Å². The van der Waals surface area contributed by atoms with E-state index >= 15 is 0 Å². The van der Waals surface area contributed by atoms with Gasteiger partial charge in [0.2, 0.25) is 0 Å². The normalized spacial score (nSPS) is 9.86. The fraction of sp³-hybridized carbons (Fsp3) is 0.333. The van der Waals surface area contributed by atoms with Gasteiger partial charge in [-0.25, -0.2) is 4.98 Å². The van der Waals surface area contributed by atoms with Crippen LogP contribution in [-0.2, 0) is 9.53 Å². The largest absolute Gasteiger partial charge is 0.469 e. The van der Waals surface area contributed by atoms with E-state index in [0.29, 0.717) is 17.3 Å². The number of hydrogen-bond donors (Lipinski definition) is 0. The van der Waals surface area contributed by atoms with Crippen molar-refractivity contribution in [2.75, 3.05) is 12.9 Å². The van der Waals surface area contributed by atoms with Crippen LogP contribution in [0.2, 0.25) is 5.15 Å². The molecule has 0 amide bonds. The number of nitrogens with zero attached hydrogens (tertiary/aromatic N) is 1. The SMILES string of the molecule is COC(=O)CCSc1ccc(Cl)nc1. The van der Waals surface area contributed by atoms with Crippen molar-refractivity contribution in [3.05, 3.63) is 23.5 Å². The van der Waals surface area contributed by atoms with Crippen LogP contribution >= 0.6 is 23.4 Å². The minimum absolute atomic E-state index is 0.195. The second kappa shape index (κ2) is 5.88. The standard InChI is InChI=1S/C9H10ClNO2S/c1-13-9(12)4-5-14-7-2-3-8(10)11-6-7/h2-3,6H,4-5H2,1H3. The number of methoxy groups -OCH3 is 1. The number of pyridine rings is 1. The van der Waals surface area contributed by atoms with E-state index < -0.39 is 0 Å². The maximum Gasteiger partial charge on any atom is 0.306 e. The molecule has 1 rings (SSSR count). The number of carbonyl (C=O) groups excluding carboxylic acids is 1. The number of rotatable bonds is 4. The van der Waals surface area contributed by atoms with Crippen LogP contribution in [0.1, 0.15) is 6.42 Å². The van der Waals surface area contributed by atoms with Crippen LogP contribution in [-0.4, -0.2) is 23.8 Å². The lowest BCUT2D eigenvalue weighted by Crippen LogP contribution is -2.00. The zero-order valence-corrected chi connectivity index (χ0v) is 9.27. The van der Waals surface area contributed by atoms with Crippen LogP contribution in [0.15, 0.2) is 23.2 Å². The van der Waals surface area contributed by atoms with Crippen molar-refractivity contribution < 1.29 is 9.53 Å². The molecule has 0 N–H and O–H groups in total. The monoisotopic (exact) mass is 231 g/mol. The number of hydrogen-bond acceptors (Lipinski definition) is 4. The van der Waals surface area contributed by atoms with Gasteiger partial charge in [0, 0.05) is 16.8 Å². The highest BCUT2D eigenvalue weighted by atomic mass is 35.5. The highest BCUT2D eigenvalue weighted by Gasteiger charge is 2.00. The van der Waals surface area contributed by atoms with E-state index in [-0.39, 0.29) is 5.97 Å². The zero-order chi connectivity index (χ0) is 10.4. The third kappa shape index (κ3) is 3.98. The van der Waals surface area contributed by atoms with Crippen molar-refractivity contribution in [1.29, 1.82) is 0 Å². The average molecular weight is 232 g/mol. The predicted octanol–water partition coefficient (Wildman–Crippen LogP) is 2.39. The van der Waals surface area contributed by atoms with Gasteiger partial charge >= 0.3 is 5.97 Å². The lowest BCUT2D eigenvalue weighted by molar-refractivity contribution is -0.140. The lowest BCUT2D eigenvalue weighted by atomic mass is 10.5. The van der Waals surface area contributed by atoms with E-state index in [2.05, 4.69) is 9.72 Å². The quantitative estimate of drug-likeness (QED) is 0.453. The Kier molecular flexibility index (Phi) is 4.76. The molecule has 1 aromatic heterocycles. The molecule has 0 bridgehead atoms. The number of carbonyl (C=O) groups is 1. The third-order valence-corrected chi connectivity index (χ3v) is 2.71. The maximum absolute atomic E-state index is 10.8. The van der Waals surface area contributed by atoms with Crippen molar-refractivity contribution in [2.45, 2.75) is 11.3 Å². The first-order chi connectivity index (χ1) is 6.72. The summed E-state index contributed by atoms with van der Waals surface area (Å²) in [5.74, 6) is 0.495. The Morgan fingerprint density at radius 3 is 3.00 bits per heavy atom. The summed E-state index contributed by atoms with van der Waals surface area (Å²) in [7, 11) is 1.39. The van der Waals surface area contributed by atoms with Crippen LogP contribution < -0.4 is 0 Å². The molecule has 1 heterocycles. The lowest BCUT2D eigenvalue weighted by Gasteiger charge is -2.00. The van der Waals surface area contributed by atoms with E-state index in [1.165, 1.54) is 7.11 Å². The summed E-state index contributed by atoms with van der Waals surface area (Å²) in [5.41, 5.74) is 0. The summed E-state index contributed by atoms with van der Waals surface area (Å²) < 4.78 is 4.52. The molecule has 0 saturated heterocycles. The van der Waals surface area contributed by atoms with Crippen molar-refractivity contribution in [3.63, 3.8) is 0 Å². The van der Waals surface area contributed by atoms with Gasteiger partial charge in [-0.1, -0.05) is 11.6 Å². The molecule has 76 valence electrons. The molecule has 0 fully saturated rings. The van der Waals surface area contributed by atoms with Gasteiger partial charge in [0.1, 0.15) is 5.15 Å². The summed E-state index contributed by atoms with van der Waals surface area (Å²) in [6.45, 7) is 0. The number of ether oxygens (including phenoxy) is 1. The first-order valence-electron chi connectivity index (χ1n) is 4.03. The Bertz CT molecular complexity index is 302. The minimum Gasteiger partial charge on any atom is -0.469 e. The Balaban J connectivity index is 2.31. The molecule has 0 aliphatic carbocycles. The molecule has 0 atom stereocenters. The van der Waals surface area contributed by atoms with Crippen molar-refractivity contribution in [1.82, 2.24) is 4.98 Å². The van der Waals surface area contributed by atoms with E-state index in [4.69, 9.17) is 11.6 Å². The molecule has 14 heavy (non-hydrogen) atoms. The number of halogens is 1. The fourth-order valence-corrected chi connectivity index (χ4v) is 1.71. The van der Waals surface area contributed by atoms with Crippen molar-refractivity contribution in [2.24, 2.45) is 0 Å². The summed E-state index contributed by atoms with van der Waals surface area (Å²) in [6, 6.07) is 3.60. The van der Waals surface area contributed by atoms with E-state index in [0.717, 1.165) is 4.90 Å². The van der Waals surface area contributed by atoms with Crippen LogP contribution in [0.5, 0.6) is 0 Å². The molecule has 0 radical (unpaired) electrons. The van der Waals surface area contributed by atoms with Crippen molar-refractivity contribution >= 4 is 29.3 Å². The molecule has 1 aromatic rings. The highest BCUT2D eigenvalue weighted by Crippen LogP contribution is 2.18. The Morgan fingerprint density at radius 1 is 1.64 bits per heavy atom. The van der Waals surface area contributed by atoms with Crippen LogP contribution in [0.3, 0.4) is 0 Å². The Hall–Kier alpha value is -0.740. The van der Waals surface area contributed by atoms with Gasteiger partial charge in [-0.05, 0) is 12.1 Å². The van der Waals surface area contributed by atoms with Gasteiger partial charge in [-0.3, -0.25) is 4.79 Å². The van der Waals surface area contributed by atoms with Crippen LogP contribution in [0.4, 0.5) is 0 Å². The zero-order valence-electron chi connectivity index (χ0n) is 7.70. The smallest absolute Gasteiger partial charge is 0.306 e. The summed E-state index contributed by atoms with van der Waals surface area (Å²) in [4.78, 5) is 15.7. The molecule has 0 saturated carbocycles. The number of thioether (sulfide) groups is 1. The Morgan fingerprint density at radius 2 is 2.43 bits per heavy atom. The van der Waals surface area contributed by atoms with Crippen LogP contribution in [0.25, 0.3) is 0 Å². The summed E-state index contributed by atoms with van der Waals surface area (Å²) in [6.07, 6.45) is 2.09. The second-order valence-electron chi connectivity index (χ2n) is 2.49. The first kappa shape index (κ1) is 11.3. The minimum atomic E-state index is -0.195. The van der Waals surface area contributed by atoms with Crippen LogP contribution in [0, 0.1) is 0 Å². The van der Waals surface area contributed by atoms with Gasteiger partial charge in [0.15, 0.2) is 0 Å². The number of aromatic nitrogens is 1. The predicted molar refractivity (Wildman–Crippen MR) is 56.6 cm³/mol. The summed E-state index contributed by atoms with van der Waals surface area (Å²) in [5, 5.41) is 0.474. The van der Waals surface area contributed by atoms with Gasteiger partial charge < -0.3 is 4.74 Å². The average Bonchev–Trinajstić information content (AvgIpc) is 2.21. The first-order valence-corrected chi connectivity index (χ1v) is 5.40. The molecule has 0 aliphatic heterocycles. The molecule has 0 spiro atoms.